The molecule has 2 N–H and O–H groups in total. The maximum absolute atomic E-state index is 12.1. The summed E-state index contributed by atoms with van der Waals surface area (Å²) in [5, 5.41) is 11.2. The topological polar surface area (TPSA) is 49.3 Å². The number of carboxylic acids is 1. The zero-order valence-electron chi connectivity index (χ0n) is 9.32. The van der Waals surface area contributed by atoms with Crippen molar-refractivity contribution in [3.05, 3.63) is 0 Å². The van der Waals surface area contributed by atoms with Crippen molar-refractivity contribution < 1.29 is 23.1 Å². The van der Waals surface area contributed by atoms with Gasteiger partial charge in [0, 0.05) is 0 Å². The maximum Gasteiger partial charge on any atom is 0.401 e. The summed E-state index contributed by atoms with van der Waals surface area (Å²) < 4.78 is 36.2. The average molecular weight is 239 g/mol. The molecule has 1 unspecified atom stereocenters. The van der Waals surface area contributed by atoms with Crippen LogP contribution < -0.4 is 5.32 Å². The van der Waals surface area contributed by atoms with Gasteiger partial charge in [-0.15, -0.1) is 0 Å². The van der Waals surface area contributed by atoms with E-state index in [1.807, 2.05) is 13.8 Å². The fourth-order valence-electron chi connectivity index (χ4n) is 2.22. The van der Waals surface area contributed by atoms with Gasteiger partial charge in [-0.1, -0.05) is 13.8 Å². The summed E-state index contributed by atoms with van der Waals surface area (Å²) in [6.45, 7) is 2.48. The maximum atomic E-state index is 12.1. The van der Waals surface area contributed by atoms with Gasteiger partial charge in [0.05, 0.1) is 6.54 Å². The third-order valence-electron chi connectivity index (χ3n) is 3.05. The Hall–Kier alpha value is -0.780. The molecule has 1 rings (SSSR count). The molecule has 1 fully saturated rings. The zero-order valence-corrected chi connectivity index (χ0v) is 9.32. The first-order chi connectivity index (χ1) is 7.06. The predicted molar refractivity (Wildman–Crippen MR) is 52.1 cm³/mol. The van der Waals surface area contributed by atoms with Gasteiger partial charge in [0.15, 0.2) is 0 Å². The Labute approximate surface area is 92.0 Å². The van der Waals surface area contributed by atoms with E-state index < -0.39 is 24.2 Å². The first-order valence-electron chi connectivity index (χ1n) is 5.12. The SMILES string of the molecule is CC1(C)CCC(NCC(F)(F)F)(C(=O)O)C1. The van der Waals surface area contributed by atoms with Crippen LogP contribution in [0.2, 0.25) is 0 Å². The Kier molecular flexibility index (Phi) is 3.24. The lowest BCUT2D eigenvalue weighted by atomic mass is 9.87. The first kappa shape index (κ1) is 13.3. The van der Waals surface area contributed by atoms with Gasteiger partial charge in [0.2, 0.25) is 0 Å². The highest BCUT2D eigenvalue weighted by atomic mass is 19.4. The molecule has 1 aliphatic carbocycles. The van der Waals surface area contributed by atoms with Gasteiger partial charge in [0.25, 0.3) is 0 Å². The quantitative estimate of drug-likeness (QED) is 0.793. The van der Waals surface area contributed by atoms with E-state index in [-0.39, 0.29) is 18.3 Å². The van der Waals surface area contributed by atoms with Crippen LogP contribution in [0.1, 0.15) is 33.1 Å². The van der Waals surface area contributed by atoms with Gasteiger partial charge in [-0.2, -0.15) is 13.2 Å². The molecule has 0 radical (unpaired) electrons. The van der Waals surface area contributed by atoms with Crippen molar-refractivity contribution in [2.45, 2.75) is 44.8 Å². The lowest BCUT2D eigenvalue weighted by Crippen LogP contribution is -2.53. The van der Waals surface area contributed by atoms with Crippen LogP contribution in [0, 0.1) is 5.41 Å². The molecule has 1 atom stereocenters. The number of halogens is 3. The molecule has 0 heterocycles. The molecule has 94 valence electrons. The van der Waals surface area contributed by atoms with Crippen LogP contribution >= 0.6 is 0 Å². The molecule has 0 bridgehead atoms. The van der Waals surface area contributed by atoms with Gasteiger partial charge in [-0.25, -0.2) is 0 Å². The van der Waals surface area contributed by atoms with Crippen LogP contribution in [-0.2, 0) is 4.79 Å². The molecule has 3 nitrogen and oxygen atoms in total. The highest BCUT2D eigenvalue weighted by Crippen LogP contribution is 2.43. The fraction of sp³-hybridized carbons (Fsp3) is 0.900. The van der Waals surface area contributed by atoms with Crippen LogP contribution in [0.15, 0.2) is 0 Å². The van der Waals surface area contributed by atoms with Crippen molar-refractivity contribution in [1.82, 2.24) is 5.32 Å². The Morgan fingerprint density at radius 2 is 1.94 bits per heavy atom. The third kappa shape index (κ3) is 3.10. The number of nitrogens with one attached hydrogen (secondary N) is 1. The summed E-state index contributed by atoms with van der Waals surface area (Å²) in [5.74, 6) is -1.19. The van der Waals surface area contributed by atoms with Crippen molar-refractivity contribution in [2.75, 3.05) is 6.54 Å². The normalized spacial score (nSPS) is 29.3. The van der Waals surface area contributed by atoms with Crippen molar-refractivity contribution in [2.24, 2.45) is 5.41 Å². The standard InChI is InChI=1S/C10H16F3NO2/c1-8(2)3-4-9(5-8,7(15)16)14-6-10(11,12)13/h14H,3-6H2,1-2H3,(H,15,16). The number of hydrogen-bond donors (Lipinski definition) is 2. The van der Waals surface area contributed by atoms with Crippen LogP contribution in [0.5, 0.6) is 0 Å². The molecular weight excluding hydrogens is 223 g/mol. The van der Waals surface area contributed by atoms with Crippen molar-refractivity contribution in [3.63, 3.8) is 0 Å². The molecule has 1 aliphatic rings. The molecule has 6 heteroatoms. The first-order valence-corrected chi connectivity index (χ1v) is 5.12. The lowest BCUT2D eigenvalue weighted by Gasteiger charge is -2.28. The summed E-state index contributed by atoms with van der Waals surface area (Å²) >= 11 is 0. The Morgan fingerprint density at radius 3 is 2.25 bits per heavy atom. The second-order valence-corrected chi connectivity index (χ2v) is 5.20. The van der Waals surface area contributed by atoms with Crippen molar-refractivity contribution in [1.29, 1.82) is 0 Å². The van der Waals surface area contributed by atoms with Crippen LogP contribution in [-0.4, -0.2) is 29.3 Å². The number of alkyl halides is 3. The summed E-state index contributed by atoms with van der Waals surface area (Å²) in [7, 11) is 0. The highest BCUT2D eigenvalue weighted by Gasteiger charge is 2.49. The summed E-state index contributed by atoms with van der Waals surface area (Å²) in [5.41, 5.74) is -1.64. The second-order valence-electron chi connectivity index (χ2n) is 5.20. The zero-order chi connectivity index (χ0) is 12.6. The van der Waals surface area contributed by atoms with Crippen LogP contribution in [0.4, 0.5) is 13.2 Å². The van der Waals surface area contributed by atoms with E-state index >= 15 is 0 Å². The third-order valence-corrected chi connectivity index (χ3v) is 3.05. The summed E-state index contributed by atoms with van der Waals surface area (Å²) in [4.78, 5) is 11.1. The summed E-state index contributed by atoms with van der Waals surface area (Å²) in [6, 6.07) is 0. The fourth-order valence-corrected chi connectivity index (χ4v) is 2.22. The molecule has 0 amide bonds. The van der Waals surface area contributed by atoms with Gasteiger partial charge >= 0.3 is 12.1 Å². The Bertz CT molecular complexity index is 288. The Morgan fingerprint density at radius 1 is 1.38 bits per heavy atom. The van der Waals surface area contributed by atoms with E-state index in [1.165, 1.54) is 0 Å². The van der Waals surface area contributed by atoms with E-state index in [1.54, 1.807) is 0 Å². The molecule has 16 heavy (non-hydrogen) atoms. The largest absolute Gasteiger partial charge is 0.480 e. The lowest BCUT2D eigenvalue weighted by molar-refractivity contribution is -0.150. The average Bonchev–Trinajstić information content (AvgIpc) is 2.38. The van der Waals surface area contributed by atoms with Crippen molar-refractivity contribution >= 4 is 5.97 Å². The predicted octanol–water partition coefficient (Wildman–Crippen LogP) is 2.17. The Balaban J connectivity index is 2.73. The number of carboxylic acid groups (broad SMARTS) is 1. The highest BCUT2D eigenvalue weighted by molar-refractivity contribution is 5.79. The smallest absolute Gasteiger partial charge is 0.401 e. The number of carbonyl (C=O) groups is 1. The molecule has 0 aromatic heterocycles. The van der Waals surface area contributed by atoms with Gasteiger partial charge in [-0.05, 0) is 24.7 Å². The second kappa shape index (κ2) is 3.91. The molecule has 0 aromatic rings. The minimum Gasteiger partial charge on any atom is -0.480 e. The minimum atomic E-state index is -4.38. The number of aliphatic carboxylic acids is 1. The molecular formula is C10H16F3NO2. The summed E-state index contributed by atoms with van der Waals surface area (Å²) in [6.07, 6.45) is -3.30. The van der Waals surface area contributed by atoms with E-state index in [4.69, 9.17) is 5.11 Å². The number of rotatable bonds is 3. The van der Waals surface area contributed by atoms with E-state index in [9.17, 15) is 18.0 Å². The van der Waals surface area contributed by atoms with Gasteiger partial charge in [-0.3, -0.25) is 10.1 Å². The van der Waals surface area contributed by atoms with Crippen molar-refractivity contribution in [3.8, 4) is 0 Å². The molecule has 0 aliphatic heterocycles. The molecule has 0 aromatic carbocycles. The van der Waals surface area contributed by atoms with Gasteiger partial charge in [0.1, 0.15) is 5.54 Å². The van der Waals surface area contributed by atoms with Gasteiger partial charge < -0.3 is 5.11 Å². The monoisotopic (exact) mass is 239 g/mol. The van der Waals surface area contributed by atoms with Crippen LogP contribution in [0.3, 0.4) is 0 Å². The van der Waals surface area contributed by atoms with E-state index in [0.29, 0.717) is 6.42 Å². The van der Waals surface area contributed by atoms with Crippen LogP contribution in [0.25, 0.3) is 0 Å². The van der Waals surface area contributed by atoms with E-state index in [0.717, 1.165) is 0 Å². The van der Waals surface area contributed by atoms with E-state index in [2.05, 4.69) is 5.32 Å². The minimum absolute atomic E-state index is 0.225. The molecule has 0 spiro atoms. The number of hydrogen-bond acceptors (Lipinski definition) is 2. The molecule has 0 saturated heterocycles. The molecule has 1 saturated carbocycles.